The van der Waals surface area contributed by atoms with E-state index in [2.05, 4.69) is 10.3 Å². The highest BCUT2D eigenvalue weighted by Gasteiger charge is 2.13. The van der Waals surface area contributed by atoms with E-state index in [1.165, 1.54) is 6.07 Å². The molecule has 5 N–H and O–H groups in total. The van der Waals surface area contributed by atoms with Crippen molar-refractivity contribution in [3.8, 4) is 0 Å². The number of pyridine rings is 1. The molecular formula is C15H20N4O2S. The highest BCUT2D eigenvalue weighted by atomic mass is 32.2. The molecule has 118 valence electrons. The number of para-hydroxylation sites is 1. The number of hydrogen-bond donors (Lipinski definition) is 3. The van der Waals surface area contributed by atoms with E-state index in [1.54, 1.807) is 30.6 Å². The third-order valence-electron chi connectivity index (χ3n) is 3.27. The van der Waals surface area contributed by atoms with Crippen molar-refractivity contribution >= 4 is 15.7 Å². The summed E-state index contributed by atoms with van der Waals surface area (Å²) in [5, 5.41) is 8.28. The SMILES string of the molecule is NC(CCNc1ccccc1S(N)(=O)=O)Cc1ccncc1. The molecular weight excluding hydrogens is 300 g/mol. The predicted molar refractivity (Wildman–Crippen MR) is 86.8 cm³/mol. The second-order valence-corrected chi connectivity index (χ2v) is 6.61. The first-order valence-electron chi connectivity index (χ1n) is 6.97. The summed E-state index contributed by atoms with van der Waals surface area (Å²) in [5.41, 5.74) is 7.72. The largest absolute Gasteiger partial charge is 0.384 e. The van der Waals surface area contributed by atoms with Crippen LogP contribution in [0.15, 0.2) is 53.7 Å². The molecule has 22 heavy (non-hydrogen) atoms. The Hall–Kier alpha value is -1.96. The smallest absolute Gasteiger partial charge is 0.240 e. The predicted octanol–water partition coefficient (Wildman–Crippen LogP) is 1.10. The lowest BCUT2D eigenvalue weighted by molar-refractivity contribution is 0.597. The van der Waals surface area contributed by atoms with E-state index in [9.17, 15) is 8.42 Å². The first kappa shape index (κ1) is 16.4. The molecule has 0 radical (unpaired) electrons. The Morgan fingerprint density at radius 1 is 1.14 bits per heavy atom. The van der Waals surface area contributed by atoms with E-state index in [-0.39, 0.29) is 10.9 Å². The van der Waals surface area contributed by atoms with Crippen molar-refractivity contribution in [1.29, 1.82) is 0 Å². The fourth-order valence-electron chi connectivity index (χ4n) is 2.18. The Labute approximate surface area is 130 Å². The number of hydrogen-bond acceptors (Lipinski definition) is 5. The molecule has 2 rings (SSSR count). The summed E-state index contributed by atoms with van der Waals surface area (Å²) in [6, 6.07) is 10.4. The van der Waals surface area contributed by atoms with Gasteiger partial charge in [-0.05, 0) is 42.7 Å². The monoisotopic (exact) mass is 320 g/mol. The first-order chi connectivity index (χ1) is 10.5. The maximum absolute atomic E-state index is 11.5. The molecule has 1 unspecified atom stereocenters. The number of aromatic nitrogens is 1. The van der Waals surface area contributed by atoms with Gasteiger partial charge in [-0.3, -0.25) is 4.98 Å². The molecule has 0 aliphatic rings. The minimum Gasteiger partial charge on any atom is -0.384 e. The van der Waals surface area contributed by atoms with Crippen LogP contribution in [0.2, 0.25) is 0 Å². The van der Waals surface area contributed by atoms with Crippen LogP contribution in [0, 0.1) is 0 Å². The van der Waals surface area contributed by atoms with Crippen LogP contribution in [-0.4, -0.2) is 26.0 Å². The van der Waals surface area contributed by atoms with Gasteiger partial charge in [0.25, 0.3) is 0 Å². The number of nitrogens with two attached hydrogens (primary N) is 2. The van der Waals surface area contributed by atoms with Crippen molar-refractivity contribution in [1.82, 2.24) is 4.98 Å². The number of primary sulfonamides is 1. The summed E-state index contributed by atoms with van der Waals surface area (Å²) in [6.45, 7) is 0.568. The molecule has 0 fully saturated rings. The molecule has 7 heteroatoms. The quantitative estimate of drug-likeness (QED) is 0.707. The molecule has 0 aliphatic carbocycles. The number of benzene rings is 1. The Kier molecular flexibility index (Phi) is 5.48. The minimum absolute atomic E-state index is 0.0171. The van der Waals surface area contributed by atoms with Gasteiger partial charge in [-0.2, -0.15) is 0 Å². The molecule has 0 saturated heterocycles. The van der Waals surface area contributed by atoms with Gasteiger partial charge in [-0.25, -0.2) is 13.6 Å². The van der Waals surface area contributed by atoms with E-state index in [0.717, 1.165) is 12.0 Å². The van der Waals surface area contributed by atoms with Crippen LogP contribution in [0.25, 0.3) is 0 Å². The van der Waals surface area contributed by atoms with Crippen LogP contribution in [0.3, 0.4) is 0 Å². The van der Waals surface area contributed by atoms with Gasteiger partial charge in [0.15, 0.2) is 0 Å². The van der Waals surface area contributed by atoms with Gasteiger partial charge >= 0.3 is 0 Å². The van der Waals surface area contributed by atoms with Gasteiger partial charge in [0.1, 0.15) is 4.90 Å². The highest BCUT2D eigenvalue weighted by Crippen LogP contribution is 2.19. The standard InChI is InChI=1S/C15H20N4O2S/c16-13(11-12-5-8-18-9-6-12)7-10-19-14-3-1-2-4-15(14)22(17,20)21/h1-6,8-9,13,19H,7,10-11,16H2,(H2,17,20,21). The van der Waals surface area contributed by atoms with Crippen molar-refractivity contribution in [2.45, 2.75) is 23.8 Å². The fraction of sp³-hybridized carbons (Fsp3) is 0.267. The Balaban J connectivity index is 1.89. The molecule has 0 saturated carbocycles. The topological polar surface area (TPSA) is 111 Å². The average Bonchev–Trinajstić information content (AvgIpc) is 2.48. The molecule has 2 aromatic rings. The Bertz CT molecular complexity index is 704. The zero-order valence-corrected chi connectivity index (χ0v) is 13.0. The van der Waals surface area contributed by atoms with Crippen LogP contribution in [0.4, 0.5) is 5.69 Å². The summed E-state index contributed by atoms with van der Waals surface area (Å²) in [7, 11) is -3.73. The molecule has 0 aliphatic heterocycles. The number of nitrogens with one attached hydrogen (secondary N) is 1. The van der Waals surface area contributed by atoms with Crippen LogP contribution in [0.5, 0.6) is 0 Å². The van der Waals surface area contributed by atoms with Gasteiger partial charge in [0, 0.05) is 25.0 Å². The molecule has 6 nitrogen and oxygen atoms in total. The van der Waals surface area contributed by atoms with Crippen LogP contribution >= 0.6 is 0 Å². The fourth-order valence-corrected chi connectivity index (χ4v) is 2.89. The van der Waals surface area contributed by atoms with Crippen molar-refractivity contribution < 1.29 is 8.42 Å². The highest BCUT2D eigenvalue weighted by molar-refractivity contribution is 7.89. The second-order valence-electron chi connectivity index (χ2n) is 5.08. The van der Waals surface area contributed by atoms with E-state index in [1.807, 2.05) is 12.1 Å². The van der Waals surface area contributed by atoms with E-state index in [4.69, 9.17) is 10.9 Å². The average molecular weight is 320 g/mol. The molecule has 0 bridgehead atoms. The summed E-state index contributed by atoms with van der Waals surface area (Å²) in [5.74, 6) is 0. The minimum atomic E-state index is -3.73. The van der Waals surface area contributed by atoms with Gasteiger partial charge < -0.3 is 11.1 Å². The van der Waals surface area contributed by atoms with Crippen LogP contribution < -0.4 is 16.2 Å². The molecule has 0 spiro atoms. The van der Waals surface area contributed by atoms with Gasteiger partial charge in [0.05, 0.1) is 5.69 Å². The molecule has 1 heterocycles. The Morgan fingerprint density at radius 3 is 2.50 bits per heavy atom. The molecule has 0 amide bonds. The van der Waals surface area contributed by atoms with Crippen LogP contribution in [0.1, 0.15) is 12.0 Å². The number of nitrogens with zero attached hydrogens (tertiary/aromatic N) is 1. The number of sulfonamides is 1. The molecule has 1 aromatic carbocycles. The maximum atomic E-state index is 11.5. The Morgan fingerprint density at radius 2 is 1.82 bits per heavy atom. The van der Waals surface area contributed by atoms with E-state index in [0.29, 0.717) is 18.7 Å². The zero-order chi connectivity index (χ0) is 16.0. The lowest BCUT2D eigenvalue weighted by Crippen LogP contribution is -2.26. The van der Waals surface area contributed by atoms with E-state index >= 15 is 0 Å². The van der Waals surface area contributed by atoms with Crippen molar-refractivity contribution in [2.24, 2.45) is 10.9 Å². The molecule has 1 atom stereocenters. The third kappa shape index (κ3) is 4.80. The second kappa shape index (κ2) is 7.35. The van der Waals surface area contributed by atoms with Crippen LogP contribution in [-0.2, 0) is 16.4 Å². The van der Waals surface area contributed by atoms with E-state index < -0.39 is 10.0 Å². The van der Waals surface area contributed by atoms with Gasteiger partial charge in [-0.15, -0.1) is 0 Å². The normalized spacial score (nSPS) is 12.8. The number of anilines is 1. The lowest BCUT2D eigenvalue weighted by atomic mass is 10.1. The third-order valence-corrected chi connectivity index (χ3v) is 4.24. The summed E-state index contributed by atoms with van der Waals surface area (Å²) in [6.07, 6.45) is 4.94. The van der Waals surface area contributed by atoms with Crippen molar-refractivity contribution in [3.63, 3.8) is 0 Å². The van der Waals surface area contributed by atoms with Gasteiger partial charge in [0.2, 0.25) is 10.0 Å². The summed E-state index contributed by atoms with van der Waals surface area (Å²) < 4.78 is 23.0. The number of rotatable bonds is 7. The summed E-state index contributed by atoms with van der Waals surface area (Å²) in [4.78, 5) is 4.06. The lowest BCUT2D eigenvalue weighted by Gasteiger charge is -2.14. The van der Waals surface area contributed by atoms with Gasteiger partial charge in [-0.1, -0.05) is 12.1 Å². The zero-order valence-electron chi connectivity index (χ0n) is 12.1. The molecule has 1 aromatic heterocycles. The maximum Gasteiger partial charge on any atom is 0.240 e. The van der Waals surface area contributed by atoms with Crippen molar-refractivity contribution in [3.05, 3.63) is 54.4 Å². The van der Waals surface area contributed by atoms with Crippen molar-refractivity contribution in [2.75, 3.05) is 11.9 Å². The summed E-state index contributed by atoms with van der Waals surface area (Å²) >= 11 is 0. The first-order valence-corrected chi connectivity index (χ1v) is 8.51.